The van der Waals surface area contributed by atoms with Crippen molar-refractivity contribution in [1.29, 1.82) is 0 Å². The summed E-state index contributed by atoms with van der Waals surface area (Å²) < 4.78 is 28.3. The molecule has 0 saturated heterocycles. The third-order valence-electron chi connectivity index (χ3n) is 3.00. The quantitative estimate of drug-likeness (QED) is 0.719. The van der Waals surface area contributed by atoms with E-state index in [4.69, 9.17) is 0 Å². The number of rotatable bonds is 1. The van der Waals surface area contributed by atoms with Gasteiger partial charge in [0.1, 0.15) is 17.2 Å². The second-order valence-electron chi connectivity index (χ2n) is 4.14. The van der Waals surface area contributed by atoms with Crippen LogP contribution in [0, 0.1) is 18.6 Å². The van der Waals surface area contributed by atoms with Gasteiger partial charge in [0.2, 0.25) is 0 Å². The number of H-pyrrole nitrogens is 1. The van der Waals surface area contributed by atoms with Crippen LogP contribution in [-0.2, 0) is 7.05 Å². The second kappa shape index (κ2) is 3.63. The standard InChI is InChI=1S/C12H10F2N4/c1-6-8(5-15-18(6)2)12-16-10-4-7(13)3-9(14)11(10)17-12/h3-5H,1-2H3,(H,16,17). The molecule has 1 N–H and O–H groups in total. The lowest BCUT2D eigenvalue weighted by Crippen LogP contribution is -1.92. The van der Waals surface area contributed by atoms with Crippen molar-refractivity contribution < 1.29 is 8.78 Å². The Bertz CT molecular complexity index is 742. The maximum absolute atomic E-state index is 13.5. The summed E-state index contributed by atoms with van der Waals surface area (Å²) in [5, 5.41) is 4.09. The minimum atomic E-state index is -0.672. The molecule has 92 valence electrons. The molecule has 0 spiro atoms. The highest BCUT2D eigenvalue weighted by Crippen LogP contribution is 2.24. The summed E-state index contributed by atoms with van der Waals surface area (Å²) in [5.41, 5.74) is 2.14. The highest BCUT2D eigenvalue weighted by atomic mass is 19.1. The molecule has 0 fully saturated rings. The van der Waals surface area contributed by atoms with Crippen LogP contribution in [0.1, 0.15) is 5.69 Å². The van der Waals surface area contributed by atoms with Gasteiger partial charge >= 0.3 is 0 Å². The van der Waals surface area contributed by atoms with Crippen LogP contribution >= 0.6 is 0 Å². The van der Waals surface area contributed by atoms with Gasteiger partial charge in [0.25, 0.3) is 0 Å². The number of hydrogen-bond donors (Lipinski definition) is 1. The zero-order valence-electron chi connectivity index (χ0n) is 9.83. The molecule has 0 amide bonds. The van der Waals surface area contributed by atoms with Crippen molar-refractivity contribution in [3.05, 3.63) is 35.7 Å². The molecule has 18 heavy (non-hydrogen) atoms. The van der Waals surface area contributed by atoms with Crippen molar-refractivity contribution in [3.63, 3.8) is 0 Å². The van der Waals surface area contributed by atoms with Gasteiger partial charge in [-0.3, -0.25) is 4.68 Å². The molecule has 4 nitrogen and oxygen atoms in total. The van der Waals surface area contributed by atoms with Crippen LogP contribution in [0.3, 0.4) is 0 Å². The van der Waals surface area contributed by atoms with E-state index in [9.17, 15) is 8.78 Å². The summed E-state index contributed by atoms with van der Waals surface area (Å²) in [5.74, 6) is -0.813. The summed E-state index contributed by atoms with van der Waals surface area (Å²) >= 11 is 0. The Morgan fingerprint density at radius 2 is 2.06 bits per heavy atom. The minimum Gasteiger partial charge on any atom is -0.338 e. The first kappa shape index (κ1) is 10.9. The van der Waals surface area contributed by atoms with Gasteiger partial charge in [0.15, 0.2) is 5.82 Å². The topological polar surface area (TPSA) is 46.5 Å². The van der Waals surface area contributed by atoms with Crippen molar-refractivity contribution in [2.24, 2.45) is 7.05 Å². The van der Waals surface area contributed by atoms with E-state index in [1.54, 1.807) is 10.9 Å². The fraction of sp³-hybridized carbons (Fsp3) is 0.167. The van der Waals surface area contributed by atoms with Gasteiger partial charge in [-0.2, -0.15) is 5.10 Å². The molecule has 2 aromatic heterocycles. The number of aryl methyl sites for hydroxylation is 1. The normalized spacial score (nSPS) is 11.3. The Kier molecular flexibility index (Phi) is 2.19. The molecule has 0 atom stereocenters. The van der Waals surface area contributed by atoms with Crippen LogP contribution < -0.4 is 0 Å². The molecule has 0 unspecified atom stereocenters. The monoisotopic (exact) mass is 248 g/mol. The van der Waals surface area contributed by atoms with E-state index in [0.29, 0.717) is 11.3 Å². The molecule has 0 aliphatic carbocycles. The molecule has 3 aromatic rings. The molecule has 3 rings (SSSR count). The Morgan fingerprint density at radius 3 is 2.72 bits per heavy atom. The summed E-state index contributed by atoms with van der Waals surface area (Å²) in [7, 11) is 1.81. The molecule has 6 heteroatoms. The molecule has 0 bridgehead atoms. The van der Waals surface area contributed by atoms with Gasteiger partial charge in [-0.1, -0.05) is 0 Å². The fourth-order valence-corrected chi connectivity index (χ4v) is 1.90. The number of benzene rings is 1. The maximum atomic E-state index is 13.5. The first-order chi connectivity index (χ1) is 8.56. The van der Waals surface area contributed by atoms with Crippen LogP contribution in [0.2, 0.25) is 0 Å². The molecule has 0 aliphatic rings. The van der Waals surface area contributed by atoms with Gasteiger partial charge in [-0.05, 0) is 13.0 Å². The average Bonchev–Trinajstić information content (AvgIpc) is 2.84. The van der Waals surface area contributed by atoms with Crippen molar-refractivity contribution in [2.75, 3.05) is 0 Å². The SMILES string of the molecule is Cc1c(-c2nc3c(F)cc(F)cc3[nH]2)cnn1C. The van der Waals surface area contributed by atoms with Crippen LogP contribution in [-0.4, -0.2) is 19.7 Å². The van der Waals surface area contributed by atoms with Gasteiger partial charge in [0, 0.05) is 18.8 Å². The summed E-state index contributed by atoms with van der Waals surface area (Å²) in [4.78, 5) is 7.05. The van der Waals surface area contributed by atoms with Crippen molar-refractivity contribution in [2.45, 2.75) is 6.92 Å². The summed E-state index contributed by atoms with van der Waals surface area (Å²) in [6, 6.07) is 2.05. The van der Waals surface area contributed by atoms with E-state index >= 15 is 0 Å². The number of aromatic nitrogens is 4. The van der Waals surface area contributed by atoms with E-state index < -0.39 is 11.6 Å². The summed E-state index contributed by atoms with van der Waals surface area (Å²) in [6.45, 7) is 1.88. The van der Waals surface area contributed by atoms with E-state index in [1.807, 2.05) is 14.0 Å². The number of nitrogens with zero attached hydrogens (tertiary/aromatic N) is 3. The molecule has 0 saturated carbocycles. The zero-order chi connectivity index (χ0) is 12.9. The van der Waals surface area contributed by atoms with Crippen LogP contribution in [0.25, 0.3) is 22.4 Å². The lowest BCUT2D eigenvalue weighted by molar-refractivity contribution is 0.591. The van der Waals surface area contributed by atoms with E-state index in [-0.39, 0.29) is 5.52 Å². The summed E-state index contributed by atoms with van der Waals surface area (Å²) in [6.07, 6.45) is 1.64. The molecule has 0 aliphatic heterocycles. The molecule has 1 aromatic carbocycles. The van der Waals surface area contributed by atoms with E-state index in [0.717, 1.165) is 17.3 Å². The molecule has 0 radical (unpaired) electrons. The van der Waals surface area contributed by atoms with Crippen molar-refractivity contribution >= 4 is 11.0 Å². The highest BCUT2D eigenvalue weighted by molar-refractivity contribution is 5.80. The lowest BCUT2D eigenvalue weighted by Gasteiger charge is -1.95. The Labute approximate surface area is 101 Å². The third-order valence-corrected chi connectivity index (χ3v) is 3.00. The first-order valence-electron chi connectivity index (χ1n) is 5.40. The molecular weight excluding hydrogens is 238 g/mol. The highest BCUT2D eigenvalue weighted by Gasteiger charge is 2.14. The zero-order valence-corrected chi connectivity index (χ0v) is 9.83. The Morgan fingerprint density at radius 1 is 1.28 bits per heavy atom. The first-order valence-corrected chi connectivity index (χ1v) is 5.40. The number of hydrogen-bond acceptors (Lipinski definition) is 2. The lowest BCUT2D eigenvalue weighted by atomic mass is 10.2. The fourth-order valence-electron chi connectivity index (χ4n) is 1.90. The average molecular weight is 248 g/mol. The smallest absolute Gasteiger partial charge is 0.153 e. The van der Waals surface area contributed by atoms with Gasteiger partial charge < -0.3 is 4.98 Å². The van der Waals surface area contributed by atoms with Crippen molar-refractivity contribution in [1.82, 2.24) is 19.7 Å². The number of halogens is 2. The largest absolute Gasteiger partial charge is 0.338 e. The second-order valence-corrected chi connectivity index (χ2v) is 4.14. The number of aromatic amines is 1. The minimum absolute atomic E-state index is 0.134. The predicted molar refractivity (Wildman–Crippen MR) is 62.9 cm³/mol. The Balaban J connectivity index is 2.25. The van der Waals surface area contributed by atoms with Crippen molar-refractivity contribution in [3.8, 4) is 11.4 Å². The Hall–Kier alpha value is -2.24. The number of fused-ring (bicyclic) bond motifs is 1. The van der Waals surface area contributed by atoms with Gasteiger partial charge in [0.05, 0.1) is 17.3 Å². The molecule has 2 heterocycles. The third kappa shape index (κ3) is 1.49. The molecular formula is C12H10F2N4. The van der Waals surface area contributed by atoms with Crippen LogP contribution in [0.15, 0.2) is 18.3 Å². The van der Waals surface area contributed by atoms with E-state index in [2.05, 4.69) is 15.1 Å². The number of nitrogens with one attached hydrogen (secondary N) is 1. The van der Waals surface area contributed by atoms with Gasteiger partial charge in [-0.15, -0.1) is 0 Å². The van der Waals surface area contributed by atoms with Crippen LogP contribution in [0.5, 0.6) is 0 Å². The van der Waals surface area contributed by atoms with E-state index in [1.165, 1.54) is 6.07 Å². The van der Waals surface area contributed by atoms with Crippen LogP contribution in [0.4, 0.5) is 8.78 Å². The number of imidazole rings is 1. The van der Waals surface area contributed by atoms with Gasteiger partial charge in [-0.25, -0.2) is 13.8 Å². The predicted octanol–water partition coefficient (Wildman–Crippen LogP) is 2.55. The maximum Gasteiger partial charge on any atom is 0.153 e.